The van der Waals surface area contributed by atoms with Crippen LogP contribution in [0.4, 0.5) is 10.9 Å². The minimum atomic E-state index is -0.436. The van der Waals surface area contributed by atoms with Crippen molar-refractivity contribution < 1.29 is 9.53 Å². The van der Waals surface area contributed by atoms with E-state index in [1.54, 1.807) is 18.3 Å². The highest BCUT2D eigenvalue weighted by molar-refractivity contribution is 7.98. The summed E-state index contributed by atoms with van der Waals surface area (Å²) in [5.74, 6) is 0.819. The lowest BCUT2D eigenvalue weighted by molar-refractivity contribution is 0.0526. The number of esters is 1. The van der Waals surface area contributed by atoms with E-state index in [0.29, 0.717) is 23.1 Å². The fourth-order valence-electron chi connectivity index (χ4n) is 3.07. The molecule has 1 aliphatic heterocycles. The van der Waals surface area contributed by atoms with Crippen molar-refractivity contribution in [3.63, 3.8) is 0 Å². The minimum absolute atomic E-state index is 0.303. The van der Waals surface area contributed by atoms with Gasteiger partial charge in [0.25, 0.3) is 0 Å². The lowest BCUT2D eigenvalue weighted by Crippen LogP contribution is -2.32. The summed E-state index contributed by atoms with van der Waals surface area (Å²) in [6.45, 7) is 9.63. The molecule has 1 saturated heterocycles. The first kappa shape index (κ1) is 21.0. The number of carbonyl (C=O) groups is 1. The molecule has 0 bridgehead atoms. The number of aryl methyl sites for hydroxylation is 1. The van der Waals surface area contributed by atoms with Gasteiger partial charge in [-0.05, 0) is 52.0 Å². The molecule has 3 heterocycles. The standard InChI is InChI=1S/C19H27N5O2S2/c1-5-26-17(25)14-10-20-18(27-4)22-16(14)23-19-21-13(3)15(28-19)11-24-8-6-12(2)7-9-24/h10,12H,5-9,11H2,1-4H3,(H,20,21,22,23). The maximum Gasteiger partial charge on any atom is 0.343 e. The molecule has 0 spiro atoms. The normalized spacial score (nSPS) is 15.6. The predicted molar refractivity (Wildman–Crippen MR) is 114 cm³/mol. The number of anilines is 2. The molecule has 0 atom stereocenters. The van der Waals surface area contributed by atoms with Crippen LogP contribution in [0.2, 0.25) is 0 Å². The van der Waals surface area contributed by atoms with E-state index in [9.17, 15) is 4.79 Å². The third kappa shape index (κ3) is 5.21. The van der Waals surface area contributed by atoms with Crippen molar-refractivity contribution in [2.45, 2.75) is 45.3 Å². The molecule has 28 heavy (non-hydrogen) atoms. The highest BCUT2D eigenvalue weighted by Gasteiger charge is 2.20. The molecule has 1 fully saturated rings. The Bertz CT molecular complexity index is 819. The number of rotatable bonds is 7. The van der Waals surface area contributed by atoms with Crippen LogP contribution in [0.3, 0.4) is 0 Å². The fourth-order valence-corrected chi connectivity index (χ4v) is 4.42. The fraction of sp³-hybridized carbons (Fsp3) is 0.579. The summed E-state index contributed by atoms with van der Waals surface area (Å²) in [4.78, 5) is 29.3. The summed E-state index contributed by atoms with van der Waals surface area (Å²) in [7, 11) is 0. The molecule has 0 aromatic carbocycles. The Balaban J connectivity index is 1.77. The van der Waals surface area contributed by atoms with E-state index >= 15 is 0 Å². The van der Waals surface area contributed by atoms with Crippen molar-refractivity contribution in [1.29, 1.82) is 0 Å². The third-order valence-electron chi connectivity index (χ3n) is 4.81. The molecule has 9 heteroatoms. The maximum atomic E-state index is 12.2. The van der Waals surface area contributed by atoms with Crippen LogP contribution in [0.25, 0.3) is 0 Å². The molecule has 0 saturated carbocycles. The second-order valence-electron chi connectivity index (χ2n) is 6.95. The van der Waals surface area contributed by atoms with E-state index in [-0.39, 0.29) is 0 Å². The average molecular weight is 422 g/mol. The summed E-state index contributed by atoms with van der Waals surface area (Å²) in [5.41, 5.74) is 1.34. The SMILES string of the molecule is CCOC(=O)c1cnc(SC)nc1Nc1nc(C)c(CN2CCC(C)CC2)s1. The quantitative estimate of drug-likeness (QED) is 0.406. The van der Waals surface area contributed by atoms with Crippen LogP contribution in [0.15, 0.2) is 11.4 Å². The first-order valence-corrected chi connectivity index (χ1v) is 11.6. The third-order valence-corrected chi connectivity index (χ3v) is 6.43. The molecule has 152 valence electrons. The molecule has 1 aliphatic rings. The van der Waals surface area contributed by atoms with Gasteiger partial charge in [0.1, 0.15) is 5.56 Å². The molecule has 0 unspecified atom stereocenters. The molecular formula is C19H27N5O2S2. The van der Waals surface area contributed by atoms with Crippen LogP contribution in [0, 0.1) is 12.8 Å². The lowest BCUT2D eigenvalue weighted by Gasteiger charge is -2.29. The zero-order valence-corrected chi connectivity index (χ0v) is 18.5. The van der Waals surface area contributed by atoms with Gasteiger partial charge in [-0.15, -0.1) is 11.3 Å². The molecule has 1 N–H and O–H groups in total. The monoisotopic (exact) mass is 421 g/mol. The zero-order chi connectivity index (χ0) is 20.1. The van der Waals surface area contributed by atoms with Gasteiger partial charge in [0.15, 0.2) is 16.1 Å². The number of hydrogen-bond acceptors (Lipinski definition) is 9. The molecule has 0 radical (unpaired) electrons. The second kappa shape index (κ2) is 9.67. The molecule has 7 nitrogen and oxygen atoms in total. The number of carbonyl (C=O) groups excluding carboxylic acids is 1. The number of ether oxygens (including phenoxy) is 1. The first-order valence-electron chi connectivity index (χ1n) is 9.54. The zero-order valence-electron chi connectivity index (χ0n) is 16.8. The second-order valence-corrected chi connectivity index (χ2v) is 8.81. The average Bonchev–Trinajstić information content (AvgIpc) is 3.02. The number of nitrogens with zero attached hydrogens (tertiary/aromatic N) is 4. The number of likely N-dealkylation sites (tertiary alicyclic amines) is 1. The van der Waals surface area contributed by atoms with E-state index in [1.165, 1.54) is 35.7 Å². The number of aromatic nitrogens is 3. The van der Waals surface area contributed by atoms with E-state index < -0.39 is 5.97 Å². The molecule has 0 amide bonds. The van der Waals surface area contributed by atoms with Crippen LogP contribution in [-0.4, -0.2) is 51.8 Å². The van der Waals surface area contributed by atoms with Crippen LogP contribution < -0.4 is 5.32 Å². The number of piperidine rings is 1. The summed E-state index contributed by atoms with van der Waals surface area (Å²) >= 11 is 3.03. The van der Waals surface area contributed by atoms with E-state index in [2.05, 4.69) is 32.1 Å². The topological polar surface area (TPSA) is 80.2 Å². The summed E-state index contributed by atoms with van der Waals surface area (Å²) in [6, 6.07) is 0. The largest absolute Gasteiger partial charge is 0.462 e. The smallest absolute Gasteiger partial charge is 0.343 e. The molecule has 3 rings (SSSR count). The number of thiazole rings is 1. The Morgan fingerprint density at radius 3 is 2.82 bits per heavy atom. The number of hydrogen-bond donors (Lipinski definition) is 1. The number of nitrogens with one attached hydrogen (secondary N) is 1. The van der Waals surface area contributed by atoms with Gasteiger partial charge in [0, 0.05) is 17.6 Å². The Morgan fingerprint density at radius 1 is 1.39 bits per heavy atom. The Labute approximate surface area is 174 Å². The van der Waals surface area contributed by atoms with Crippen molar-refractivity contribution in [3.8, 4) is 0 Å². The van der Waals surface area contributed by atoms with Crippen molar-refractivity contribution in [2.75, 3.05) is 31.3 Å². The molecule has 0 aliphatic carbocycles. The Kier molecular flexibility index (Phi) is 7.25. The van der Waals surface area contributed by atoms with Gasteiger partial charge < -0.3 is 10.1 Å². The van der Waals surface area contributed by atoms with Gasteiger partial charge >= 0.3 is 5.97 Å². The first-order chi connectivity index (χ1) is 13.5. The summed E-state index contributed by atoms with van der Waals surface area (Å²) in [5, 5.41) is 4.54. The predicted octanol–water partition coefficient (Wildman–Crippen LogP) is 4.12. The van der Waals surface area contributed by atoms with Gasteiger partial charge in [-0.3, -0.25) is 4.90 Å². The van der Waals surface area contributed by atoms with Crippen molar-refractivity contribution in [3.05, 3.63) is 22.3 Å². The van der Waals surface area contributed by atoms with Gasteiger partial charge in [0.05, 0.1) is 12.3 Å². The van der Waals surface area contributed by atoms with Crippen LogP contribution in [-0.2, 0) is 11.3 Å². The minimum Gasteiger partial charge on any atom is -0.462 e. The molecule has 2 aromatic heterocycles. The van der Waals surface area contributed by atoms with Gasteiger partial charge in [-0.25, -0.2) is 19.7 Å². The van der Waals surface area contributed by atoms with E-state index in [1.807, 2.05) is 13.2 Å². The molecule has 2 aromatic rings. The van der Waals surface area contributed by atoms with E-state index in [4.69, 9.17) is 4.74 Å². The highest BCUT2D eigenvalue weighted by Crippen LogP contribution is 2.29. The van der Waals surface area contributed by atoms with Crippen LogP contribution in [0.5, 0.6) is 0 Å². The maximum absolute atomic E-state index is 12.2. The van der Waals surface area contributed by atoms with Crippen molar-refractivity contribution in [1.82, 2.24) is 19.9 Å². The summed E-state index contributed by atoms with van der Waals surface area (Å²) < 4.78 is 5.13. The van der Waals surface area contributed by atoms with Crippen LogP contribution >= 0.6 is 23.1 Å². The van der Waals surface area contributed by atoms with Crippen molar-refractivity contribution in [2.24, 2.45) is 5.92 Å². The molecular weight excluding hydrogens is 394 g/mol. The van der Waals surface area contributed by atoms with Crippen molar-refractivity contribution >= 4 is 40.0 Å². The van der Waals surface area contributed by atoms with Crippen LogP contribution in [0.1, 0.15) is 47.6 Å². The van der Waals surface area contributed by atoms with Gasteiger partial charge in [-0.2, -0.15) is 0 Å². The Hall–Kier alpha value is -1.71. The lowest BCUT2D eigenvalue weighted by atomic mass is 9.99. The highest BCUT2D eigenvalue weighted by atomic mass is 32.2. The van der Waals surface area contributed by atoms with E-state index in [0.717, 1.165) is 36.4 Å². The summed E-state index contributed by atoms with van der Waals surface area (Å²) in [6.07, 6.45) is 5.91. The van der Waals surface area contributed by atoms with Gasteiger partial charge in [0.2, 0.25) is 0 Å². The number of thioether (sulfide) groups is 1. The van der Waals surface area contributed by atoms with Gasteiger partial charge in [-0.1, -0.05) is 18.7 Å². The Morgan fingerprint density at radius 2 is 2.14 bits per heavy atom.